The summed E-state index contributed by atoms with van der Waals surface area (Å²) in [6, 6.07) is 11.4. The van der Waals surface area contributed by atoms with Crippen LogP contribution in [-0.4, -0.2) is 6.54 Å². The average Bonchev–Trinajstić information content (AvgIpc) is 2.79. The fourth-order valence-corrected chi connectivity index (χ4v) is 2.55. The van der Waals surface area contributed by atoms with Gasteiger partial charge in [-0.25, -0.2) is 4.39 Å². The van der Waals surface area contributed by atoms with Gasteiger partial charge in [0, 0.05) is 17.8 Å². The largest absolute Gasteiger partial charge is 0.384 e. The highest BCUT2D eigenvalue weighted by atomic mass is 79.9. The Bertz CT molecular complexity index is 580. The maximum absolute atomic E-state index is 14.0. The number of anilines is 1. The zero-order chi connectivity index (χ0) is 11.8. The molecule has 1 aliphatic heterocycles. The van der Waals surface area contributed by atoms with Crippen molar-refractivity contribution < 1.29 is 4.39 Å². The van der Waals surface area contributed by atoms with Crippen LogP contribution >= 0.6 is 15.9 Å². The third kappa shape index (κ3) is 1.84. The van der Waals surface area contributed by atoms with E-state index in [9.17, 15) is 4.39 Å². The van der Waals surface area contributed by atoms with Crippen molar-refractivity contribution in [2.45, 2.75) is 6.42 Å². The van der Waals surface area contributed by atoms with Crippen molar-refractivity contribution in [3.05, 3.63) is 52.3 Å². The van der Waals surface area contributed by atoms with Crippen molar-refractivity contribution in [1.82, 2.24) is 0 Å². The molecular formula is C14H11BrFN. The maximum Gasteiger partial charge on any atom is 0.145 e. The minimum Gasteiger partial charge on any atom is -0.384 e. The van der Waals surface area contributed by atoms with E-state index in [0.717, 1.165) is 24.2 Å². The van der Waals surface area contributed by atoms with Gasteiger partial charge < -0.3 is 5.32 Å². The Labute approximate surface area is 108 Å². The predicted octanol–water partition coefficient (Wildman–Crippen LogP) is 4.22. The Morgan fingerprint density at radius 3 is 2.94 bits per heavy atom. The molecule has 1 nitrogen and oxygen atoms in total. The second kappa shape index (κ2) is 4.15. The van der Waals surface area contributed by atoms with Crippen molar-refractivity contribution in [2.75, 3.05) is 11.9 Å². The van der Waals surface area contributed by atoms with Gasteiger partial charge in [-0.1, -0.05) is 24.3 Å². The van der Waals surface area contributed by atoms with Gasteiger partial charge in [0.2, 0.25) is 0 Å². The van der Waals surface area contributed by atoms with E-state index in [1.165, 1.54) is 5.56 Å². The van der Waals surface area contributed by atoms with Crippen molar-refractivity contribution in [3.8, 4) is 11.1 Å². The number of benzene rings is 2. The molecule has 86 valence electrons. The predicted molar refractivity (Wildman–Crippen MR) is 71.7 cm³/mol. The molecule has 0 saturated heterocycles. The highest BCUT2D eigenvalue weighted by Crippen LogP contribution is 2.32. The summed E-state index contributed by atoms with van der Waals surface area (Å²) in [6.45, 7) is 0.972. The lowest BCUT2D eigenvalue weighted by atomic mass is 10.0. The lowest BCUT2D eigenvalue weighted by molar-refractivity contribution is 0.624. The first-order valence-corrected chi connectivity index (χ1v) is 6.36. The Balaban J connectivity index is 2.13. The molecular weight excluding hydrogens is 281 g/mol. The van der Waals surface area contributed by atoms with Crippen LogP contribution in [0, 0.1) is 5.82 Å². The van der Waals surface area contributed by atoms with Gasteiger partial charge in [-0.15, -0.1) is 0 Å². The van der Waals surface area contributed by atoms with Crippen LogP contribution < -0.4 is 5.32 Å². The summed E-state index contributed by atoms with van der Waals surface area (Å²) >= 11 is 3.22. The molecule has 1 heterocycles. The average molecular weight is 292 g/mol. The first-order valence-electron chi connectivity index (χ1n) is 5.57. The zero-order valence-electron chi connectivity index (χ0n) is 9.13. The monoisotopic (exact) mass is 291 g/mol. The number of rotatable bonds is 1. The Kier molecular flexibility index (Phi) is 2.63. The third-order valence-electron chi connectivity index (χ3n) is 3.08. The number of nitrogens with one attached hydrogen (secondary N) is 1. The van der Waals surface area contributed by atoms with Gasteiger partial charge in [-0.2, -0.15) is 0 Å². The van der Waals surface area contributed by atoms with Crippen molar-refractivity contribution >= 4 is 21.6 Å². The molecule has 0 unspecified atom stereocenters. The van der Waals surface area contributed by atoms with Crippen LogP contribution in [0.5, 0.6) is 0 Å². The normalized spacial score (nSPS) is 13.3. The first kappa shape index (κ1) is 10.8. The number of hydrogen-bond acceptors (Lipinski definition) is 1. The molecule has 0 bridgehead atoms. The standard InChI is InChI=1S/C14H11BrFN/c15-12-3-1-2-11(14(12)16)10-5-4-9-6-7-17-13(9)8-10/h1-5,8,17H,6-7H2. The van der Waals surface area contributed by atoms with E-state index < -0.39 is 0 Å². The molecule has 17 heavy (non-hydrogen) atoms. The summed E-state index contributed by atoms with van der Waals surface area (Å²) in [4.78, 5) is 0. The summed E-state index contributed by atoms with van der Waals surface area (Å²) in [7, 11) is 0. The molecule has 0 amide bonds. The maximum atomic E-state index is 14.0. The van der Waals surface area contributed by atoms with E-state index in [2.05, 4.69) is 27.3 Å². The SMILES string of the molecule is Fc1c(Br)cccc1-c1ccc2c(c1)NCC2. The summed E-state index contributed by atoms with van der Waals surface area (Å²) in [5.74, 6) is -0.203. The van der Waals surface area contributed by atoms with Gasteiger partial charge in [-0.05, 0) is 45.6 Å². The summed E-state index contributed by atoms with van der Waals surface area (Å²) in [6.07, 6.45) is 1.05. The van der Waals surface area contributed by atoms with Gasteiger partial charge in [0.15, 0.2) is 0 Å². The molecule has 1 aliphatic rings. The van der Waals surface area contributed by atoms with E-state index in [0.29, 0.717) is 10.0 Å². The van der Waals surface area contributed by atoms with E-state index in [1.807, 2.05) is 18.2 Å². The van der Waals surface area contributed by atoms with Crippen LogP contribution in [0.3, 0.4) is 0 Å². The van der Waals surface area contributed by atoms with Crippen molar-refractivity contribution in [3.63, 3.8) is 0 Å². The van der Waals surface area contributed by atoms with E-state index in [1.54, 1.807) is 12.1 Å². The van der Waals surface area contributed by atoms with Crippen LogP contribution in [0.25, 0.3) is 11.1 Å². The smallest absolute Gasteiger partial charge is 0.145 e. The molecule has 1 N–H and O–H groups in total. The van der Waals surface area contributed by atoms with Crippen molar-refractivity contribution in [2.24, 2.45) is 0 Å². The Morgan fingerprint density at radius 1 is 1.18 bits per heavy atom. The highest BCUT2D eigenvalue weighted by molar-refractivity contribution is 9.10. The number of hydrogen-bond donors (Lipinski definition) is 1. The third-order valence-corrected chi connectivity index (χ3v) is 3.69. The van der Waals surface area contributed by atoms with E-state index in [-0.39, 0.29) is 5.82 Å². The second-order valence-electron chi connectivity index (χ2n) is 4.15. The molecule has 0 atom stereocenters. The Hall–Kier alpha value is -1.35. The minimum absolute atomic E-state index is 0.203. The molecule has 3 heteroatoms. The summed E-state index contributed by atoms with van der Waals surface area (Å²) in [5, 5.41) is 3.31. The molecule has 0 fully saturated rings. The van der Waals surface area contributed by atoms with Crippen molar-refractivity contribution in [1.29, 1.82) is 0 Å². The fourth-order valence-electron chi connectivity index (χ4n) is 2.19. The Morgan fingerprint density at radius 2 is 2.06 bits per heavy atom. The van der Waals surface area contributed by atoms with Crippen LogP contribution in [0.1, 0.15) is 5.56 Å². The van der Waals surface area contributed by atoms with Gasteiger partial charge in [0.1, 0.15) is 5.82 Å². The quantitative estimate of drug-likeness (QED) is 0.829. The number of fused-ring (bicyclic) bond motifs is 1. The summed E-state index contributed by atoms with van der Waals surface area (Å²) in [5.41, 5.74) is 3.99. The zero-order valence-corrected chi connectivity index (χ0v) is 10.7. The van der Waals surface area contributed by atoms with E-state index >= 15 is 0 Å². The van der Waals surface area contributed by atoms with Crippen LogP contribution in [0.4, 0.5) is 10.1 Å². The second-order valence-corrected chi connectivity index (χ2v) is 5.00. The van der Waals surface area contributed by atoms with Gasteiger partial charge >= 0.3 is 0 Å². The lowest BCUT2D eigenvalue weighted by Gasteiger charge is -2.07. The van der Waals surface area contributed by atoms with Crippen LogP contribution in [0.15, 0.2) is 40.9 Å². The van der Waals surface area contributed by atoms with Gasteiger partial charge in [0.25, 0.3) is 0 Å². The van der Waals surface area contributed by atoms with Gasteiger partial charge in [-0.3, -0.25) is 0 Å². The highest BCUT2D eigenvalue weighted by Gasteiger charge is 2.13. The lowest BCUT2D eigenvalue weighted by Crippen LogP contribution is -1.91. The number of halogens is 2. The summed E-state index contributed by atoms with van der Waals surface area (Å²) < 4.78 is 14.5. The molecule has 0 spiro atoms. The van der Waals surface area contributed by atoms with E-state index in [4.69, 9.17) is 0 Å². The van der Waals surface area contributed by atoms with Crippen LogP contribution in [-0.2, 0) is 6.42 Å². The molecule has 0 radical (unpaired) electrons. The first-order chi connectivity index (χ1) is 8.25. The van der Waals surface area contributed by atoms with Crippen LogP contribution in [0.2, 0.25) is 0 Å². The molecule has 0 saturated carbocycles. The van der Waals surface area contributed by atoms with Gasteiger partial charge in [0.05, 0.1) is 4.47 Å². The molecule has 0 aromatic heterocycles. The molecule has 2 aromatic rings. The topological polar surface area (TPSA) is 12.0 Å². The molecule has 0 aliphatic carbocycles. The molecule has 3 rings (SSSR count). The molecule has 2 aromatic carbocycles. The minimum atomic E-state index is -0.203. The fraction of sp³-hybridized carbons (Fsp3) is 0.143.